The first-order valence-corrected chi connectivity index (χ1v) is 10.6. The molecule has 1 aromatic carbocycles. The van der Waals surface area contributed by atoms with Crippen LogP contribution in [0.1, 0.15) is 43.7 Å². The Morgan fingerprint density at radius 2 is 1.92 bits per heavy atom. The highest BCUT2D eigenvalue weighted by Crippen LogP contribution is 2.27. The molecule has 1 aliphatic heterocycles. The minimum Gasteiger partial charge on any atom is -0.324 e. The molecule has 0 atom stereocenters. The molecule has 1 saturated heterocycles. The molecule has 1 aromatic rings. The summed E-state index contributed by atoms with van der Waals surface area (Å²) in [5.41, 5.74) is 3.12. The van der Waals surface area contributed by atoms with Crippen molar-refractivity contribution in [3.8, 4) is 0 Å². The smallest absolute Gasteiger partial charge is 0.238 e. The molecule has 140 valence electrons. The summed E-state index contributed by atoms with van der Waals surface area (Å²) in [6, 6.07) is 6.04. The maximum atomic E-state index is 12.5. The van der Waals surface area contributed by atoms with Crippen molar-refractivity contribution >= 4 is 21.6 Å². The normalized spacial score (nSPS) is 17.0. The van der Waals surface area contributed by atoms with Gasteiger partial charge in [0, 0.05) is 24.8 Å². The van der Waals surface area contributed by atoms with Gasteiger partial charge in [-0.25, -0.2) is 13.1 Å². The number of aryl methyl sites for hydroxylation is 1. The van der Waals surface area contributed by atoms with Gasteiger partial charge in [-0.05, 0) is 36.8 Å². The molecule has 0 bridgehead atoms. The van der Waals surface area contributed by atoms with Crippen LogP contribution in [0, 0.1) is 6.92 Å². The monoisotopic (exact) mass is 367 g/mol. The van der Waals surface area contributed by atoms with Gasteiger partial charge in [-0.1, -0.05) is 32.0 Å². The molecule has 7 heteroatoms. The lowest BCUT2D eigenvalue weighted by molar-refractivity contribution is -0.117. The number of rotatable bonds is 6. The topological polar surface area (TPSA) is 78.5 Å². The van der Waals surface area contributed by atoms with Crippen molar-refractivity contribution in [3.05, 3.63) is 29.3 Å². The van der Waals surface area contributed by atoms with Crippen LogP contribution >= 0.6 is 0 Å². The molecule has 1 fully saturated rings. The van der Waals surface area contributed by atoms with Crippen LogP contribution in [0.5, 0.6) is 0 Å². The molecular formula is C18H29N3O3S. The Kier molecular flexibility index (Phi) is 6.59. The summed E-state index contributed by atoms with van der Waals surface area (Å²) in [6.07, 6.45) is 2.63. The fourth-order valence-corrected chi connectivity index (χ4v) is 4.08. The largest absolute Gasteiger partial charge is 0.324 e. The van der Waals surface area contributed by atoms with E-state index < -0.39 is 10.0 Å². The van der Waals surface area contributed by atoms with Crippen molar-refractivity contribution in [2.24, 2.45) is 0 Å². The molecule has 1 heterocycles. The van der Waals surface area contributed by atoms with E-state index in [1.165, 1.54) is 6.26 Å². The van der Waals surface area contributed by atoms with E-state index in [0.29, 0.717) is 25.6 Å². The molecule has 0 unspecified atom stereocenters. The van der Waals surface area contributed by atoms with Crippen LogP contribution in [0.4, 0.5) is 5.69 Å². The Morgan fingerprint density at radius 3 is 2.48 bits per heavy atom. The minimum atomic E-state index is -3.17. The summed E-state index contributed by atoms with van der Waals surface area (Å²) in [5.74, 6) is 0.318. The maximum absolute atomic E-state index is 12.5. The van der Waals surface area contributed by atoms with Gasteiger partial charge in [0.1, 0.15) is 0 Å². The third kappa shape index (κ3) is 6.09. The van der Waals surface area contributed by atoms with Crippen LogP contribution in [-0.2, 0) is 14.8 Å². The summed E-state index contributed by atoms with van der Waals surface area (Å²) < 4.78 is 25.2. The third-order valence-corrected chi connectivity index (χ3v) is 5.29. The van der Waals surface area contributed by atoms with E-state index in [-0.39, 0.29) is 11.9 Å². The minimum absolute atomic E-state index is 0.0225. The van der Waals surface area contributed by atoms with Crippen LogP contribution in [0.25, 0.3) is 0 Å². The second-order valence-corrected chi connectivity index (χ2v) is 8.96. The standard InChI is InChI=1S/C18H29N3O3S/c1-13(2)16-7-5-6-14(3)18(16)19-17(22)12-21-10-8-15(9-11-21)20-25(4,23)24/h5-7,13,15,20H,8-12H2,1-4H3,(H,19,22). The number of piperidine rings is 1. The summed E-state index contributed by atoms with van der Waals surface area (Å²) in [7, 11) is -3.17. The molecule has 0 spiro atoms. The van der Waals surface area contributed by atoms with E-state index in [9.17, 15) is 13.2 Å². The third-order valence-electron chi connectivity index (χ3n) is 4.53. The van der Waals surface area contributed by atoms with Crippen LogP contribution in [0.3, 0.4) is 0 Å². The lowest BCUT2D eigenvalue weighted by Crippen LogP contribution is -2.46. The second-order valence-electron chi connectivity index (χ2n) is 7.18. The highest BCUT2D eigenvalue weighted by molar-refractivity contribution is 7.88. The van der Waals surface area contributed by atoms with E-state index in [0.717, 1.165) is 29.7 Å². The van der Waals surface area contributed by atoms with Gasteiger partial charge in [0.25, 0.3) is 0 Å². The number of anilines is 1. The second kappa shape index (κ2) is 8.29. The Labute approximate surface area is 151 Å². The lowest BCUT2D eigenvalue weighted by Gasteiger charge is -2.31. The van der Waals surface area contributed by atoms with Crippen molar-refractivity contribution < 1.29 is 13.2 Å². The van der Waals surface area contributed by atoms with E-state index >= 15 is 0 Å². The number of carbonyl (C=O) groups is 1. The van der Waals surface area contributed by atoms with Gasteiger partial charge < -0.3 is 5.32 Å². The first-order chi connectivity index (χ1) is 11.7. The van der Waals surface area contributed by atoms with Crippen LogP contribution in [0.15, 0.2) is 18.2 Å². The molecule has 0 aliphatic carbocycles. The van der Waals surface area contributed by atoms with E-state index in [4.69, 9.17) is 0 Å². The molecule has 0 saturated carbocycles. The molecule has 2 rings (SSSR count). The first kappa shape index (κ1) is 19.9. The summed E-state index contributed by atoms with van der Waals surface area (Å²) in [5, 5.41) is 3.06. The number of benzene rings is 1. The van der Waals surface area contributed by atoms with E-state index in [1.807, 2.05) is 19.1 Å². The van der Waals surface area contributed by atoms with Gasteiger partial charge in [-0.15, -0.1) is 0 Å². The van der Waals surface area contributed by atoms with Gasteiger partial charge in [-0.2, -0.15) is 0 Å². The summed E-state index contributed by atoms with van der Waals surface area (Å²) in [4.78, 5) is 14.5. The highest BCUT2D eigenvalue weighted by atomic mass is 32.2. The molecule has 25 heavy (non-hydrogen) atoms. The van der Waals surface area contributed by atoms with Crippen LogP contribution in [-0.4, -0.2) is 51.2 Å². The number of nitrogens with zero attached hydrogens (tertiary/aromatic N) is 1. The highest BCUT2D eigenvalue weighted by Gasteiger charge is 2.23. The zero-order valence-electron chi connectivity index (χ0n) is 15.5. The number of nitrogens with one attached hydrogen (secondary N) is 2. The quantitative estimate of drug-likeness (QED) is 0.807. The Balaban J connectivity index is 1.90. The van der Waals surface area contributed by atoms with Gasteiger partial charge >= 0.3 is 0 Å². The van der Waals surface area contributed by atoms with Crippen LogP contribution in [0.2, 0.25) is 0 Å². The van der Waals surface area contributed by atoms with E-state index in [1.54, 1.807) is 0 Å². The fraction of sp³-hybridized carbons (Fsp3) is 0.611. The number of carbonyl (C=O) groups excluding carboxylic acids is 1. The fourth-order valence-electron chi connectivity index (χ4n) is 3.24. The Hall–Kier alpha value is -1.44. The van der Waals surface area contributed by atoms with Gasteiger partial charge in [0.05, 0.1) is 12.8 Å². The predicted molar refractivity (Wildman–Crippen MR) is 101 cm³/mol. The average Bonchev–Trinajstić information content (AvgIpc) is 2.49. The molecule has 2 N–H and O–H groups in total. The van der Waals surface area contributed by atoms with Gasteiger partial charge in [0.2, 0.25) is 15.9 Å². The van der Waals surface area contributed by atoms with Crippen LogP contribution < -0.4 is 10.0 Å². The SMILES string of the molecule is Cc1cccc(C(C)C)c1NC(=O)CN1CCC(NS(C)(=O)=O)CC1. The van der Waals surface area contributed by atoms with Gasteiger partial charge in [-0.3, -0.25) is 9.69 Å². The zero-order valence-corrected chi connectivity index (χ0v) is 16.3. The van der Waals surface area contributed by atoms with Crippen molar-refractivity contribution in [1.29, 1.82) is 0 Å². The first-order valence-electron chi connectivity index (χ1n) is 8.74. The van der Waals surface area contributed by atoms with Crippen molar-refractivity contribution in [2.75, 3.05) is 31.2 Å². The van der Waals surface area contributed by atoms with Crippen molar-refractivity contribution in [3.63, 3.8) is 0 Å². The number of likely N-dealkylation sites (tertiary alicyclic amines) is 1. The number of hydrogen-bond donors (Lipinski definition) is 2. The van der Waals surface area contributed by atoms with E-state index in [2.05, 4.69) is 34.9 Å². The number of sulfonamides is 1. The molecule has 6 nitrogen and oxygen atoms in total. The number of para-hydroxylation sites is 1. The Morgan fingerprint density at radius 1 is 1.28 bits per heavy atom. The number of amides is 1. The van der Waals surface area contributed by atoms with Crippen molar-refractivity contribution in [1.82, 2.24) is 9.62 Å². The molecule has 1 aliphatic rings. The predicted octanol–water partition coefficient (Wildman–Crippen LogP) is 2.07. The number of hydrogen-bond acceptors (Lipinski definition) is 4. The Bertz CT molecular complexity index is 708. The van der Waals surface area contributed by atoms with Gasteiger partial charge in [0.15, 0.2) is 0 Å². The lowest BCUT2D eigenvalue weighted by atomic mass is 9.98. The van der Waals surface area contributed by atoms with Crippen molar-refractivity contribution in [2.45, 2.75) is 45.6 Å². The molecular weight excluding hydrogens is 338 g/mol. The molecule has 0 aromatic heterocycles. The summed E-state index contributed by atoms with van der Waals surface area (Å²) in [6.45, 7) is 7.99. The summed E-state index contributed by atoms with van der Waals surface area (Å²) >= 11 is 0. The average molecular weight is 368 g/mol. The zero-order chi connectivity index (χ0) is 18.6. The molecule has 0 radical (unpaired) electrons. The maximum Gasteiger partial charge on any atom is 0.238 e. The molecule has 1 amide bonds.